The molecule has 0 radical (unpaired) electrons. The van der Waals surface area contributed by atoms with Crippen molar-refractivity contribution in [3.63, 3.8) is 0 Å². The van der Waals surface area contributed by atoms with Crippen molar-refractivity contribution in [3.05, 3.63) is 0 Å². The maximum atomic E-state index is 6.02. The predicted octanol–water partition coefficient (Wildman–Crippen LogP) is 1.10. The molecule has 1 aliphatic rings. The molecule has 0 aromatic rings. The van der Waals surface area contributed by atoms with Gasteiger partial charge in [0, 0.05) is 33.4 Å². The maximum absolute atomic E-state index is 6.02. The van der Waals surface area contributed by atoms with E-state index in [2.05, 4.69) is 18.7 Å². The number of nitrogens with two attached hydrogens (primary N) is 1. The molecule has 0 aliphatic carbocycles. The minimum Gasteiger partial charge on any atom is -0.383 e. The summed E-state index contributed by atoms with van der Waals surface area (Å²) < 4.78 is 10.9. The molecule has 4 heteroatoms. The average Bonchev–Trinajstić information content (AvgIpc) is 2.35. The molecule has 1 heterocycles. The number of hydrogen-bond acceptors (Lipinski definition) is 4. The van der Waals surface area contributed by atoms with Crippen LogP contribution in [-0.2, 0) is 9.47 Å². The maximum Gasteiger partial charge on any atom is 0.0662 e. The van der Waals surface area contributed by atoms with Crippen LogP contribution >= 0.6 is 0 Å². The fourth-order valence-corrected chi connectivity index (χ4v) is 2.54. The molecule has 102 valence electrons. The van der Waals surface area contributed by atoms with Crippen molar-refractivity contribution in [2.45, 2.75) is 32.2 Å². The summed E-state index contributed by atoms with van der Waals surface area (Å²) in [7, 11) is 1.75. The second-order valence-corrected chi connectivity index (χ2v) is 5.42. The molecular weight excluding hydrogens is 216 g/mol. The van der Waals surface area contributed by atoms with Crippen LogP contribution in [0, 0.1) is 5.92 Å². The summed E-state index contributed by atoms with van der Waals surface area (Å²) in [5, 5.41) is 0. The van der Waals surface area contributed by atoms with Crippen LogP contribution in [0.1, 0.15) is 26.7 Å². The van der Waals surface area contributed by atoms with Gasteiger partial charge in [-0.3, -0.25) is 4.90 Å². The fraction of sp³-hybridized carbons (Fsp3) is 1.00. The van der Waals surface area contributed by atoms with Crippen molar-refractivity contribution in [1.82, 2.24) is 4.90 Å². The third-order valence-corrected chi connectivity index (χ3v) is 3.50. The van der Waals surface area contributed by atoms with E-state index >= 15 is 0 Å². The van der Waals surface area contributed by atoms with E-state index in [1.807, 2.05) is 0 Å². The first-order chi connectivity index (χ1) is 8.14. The summed E-state index contributed by atoms with van der Waals surface area (Å²) >= 11 is 0. The van der Waals surface area contributed by atoms with Crippen molar-refractivity contribution in [2.75, 3.05) is 46.6 Å². The van der Waals surface area contributed by atoms with E-state index in [0.717, 1.165) is 45.8 Å². The Kier molecular flexibility index (Phi) is 6.41. The van der Waals surface area contributed by atoms with Crippen LogP contribution in [0.15, 0.2) is 0 Å². The molecule has 0 bridgehead atoms. The summed E-state index contributed by atoms with van der Waals surface area (Å²) in [5.41, 5.74) is 6.05. The first-order valence-electron chi connectivity index (χ1n) is 6.66. The Labute approximate surface area is 105 Å². The fourth-order valence-electron chi connectivity index (χ4n) is 2.54. The van der Waals surface area contributed by atoms with E-state index in [1.165, 1.54) is 0 Å². The van der Waals surface area contributed by atoms with Gasteiger partial charge < -0.3 is 15.2 Å². The zero-order chi connectivity index (χ0) is 12.7. The lowest BCUT2D eigenvalue weighted by Gasteiger charge is -2.46. The number of methoxy groups -OCH3 is 1. The zero-order valence-electron chi connectivity index (χ0n) is 11.6. The van der Waals surface area contributed by atoms with Crippen molar-refractivity contribution < 1.29 is 9.47 Å². The third-order valence-electron chi connectivity index (χ3n) is 3.50. The van der Waals surface area contributed by atoms with Crippen molar-refractivity contribution in [3.8, 4) is 0 Å². The van der Waals surface area contributed by atoms with Gasteiger partial charge in [-0.1, -0.05) is 13.8 Å². The van der Waals surface area contributed by atoms with E-state index in [9.17, 15) is 0 Å². The van der Waals surface area contributed by atoms with Crippen LogP contribution < -0.4 is 5.73 Å². The molecule has 0 spiro atoms. The number of nitrogens with zero attached hydrogens (tertiary/aromatic N) is 1. The van der Waals surface area contributed by atoms with Crippen LogP contribution in [0.2, 0.25) is 0 Å². The predicted molar refractivity (Wildman–Crippen MR) is 70.1 cm³/mol. The highest BCUT2D eigenvalue weighted by molar-refractivity contribution is 4.94. The first kappa shape index (κ1) is 14.9. The minimum absolute atomic E-state index is 0.0288. The monoisotopic (exact) mass is 244 g/mol. The van der Waals surface area contributed by atoms with Gasteiger partial charge in [0.2, 0.25) is 0 Å². The Balaban J connectivity index is 2.68. The molecule has 4 nitrogen and oxygen atoms in total. The summed E-state index contributed by atoms with van der Waals surface area (Å²) in [6.07, 6.45) is 2.25. The van der Waals surface area contributed by atoms with E-state index in [-0.39, 0.29) is 5.54 Å². The average molecular weight is 244 g/mol. The van der Waals surface area contributed by atoms with Gasteiger partial charge in [-0.2, -0.15) is 0 Å². The summed E-state index contributed by atoms with van der Waals surface area (Å²) in [6.45, 7) is 9.56. The van der Waals surface area contributed by atoms with Gasteiger partial charge in [-0.05, 0) is 18.8 Å². The molecule has 1 atom stereocenters. The van der Waals surface area contributed by atoms with Gasteiger partial charge in [0.25, 0.3) is 0 Å². The van der Waals surface area contributed by atoms with Crippen LogP contribution in [-0.4, -0.2) is 57.0 Å². The largest absolute Gasteiger partial charge is 0.383 e. The molecule has 1 saturated heterocycles. The lowest BCUT2D eigenvalue weighted by molar-refractivity contribution is -0.0556. The standard InChI is InChI=1S/C13H28N2O2/c1-12(2)9-15(6-8-16-3)13(10-14)5-4-7-17-11-13/h12H,4-11,14H2,1-3H3. The SMILES string of the molecule is COCCN(CC(C)C)C1(CN)CCCOC1. The van der Waals surface area contributed by atoms with Crippen molar-refractivity contribution in [2.24, 2.45) is 11.7 Å². The lowest BCUT2D eigenvalue weighted by atomic mass is 9.89. The van der Waals surface area contributed by atoms with Crippen LogP contribution in [0.25, 0.3) is 0 Å². The van der Waals surface area contributed by atoms with Gasteiger partial charge in [-0.15, -0.1) is 0 Å². The molecular formula is C13H28N2O2. The van der Waals surface area contributed by atoms with Crippen LogP contribution in [0.3, 0.4) is 0 Å². The smallest absolute Gasteiger partial charge is 0.0662 e. The van der Waals surface area contributed by atoms with Gasteiger partial charge >= 0.3 is 0 Å². The number of hydrogen-bond donors (Lipinski definition) is 1. The van der Waals surface area contributed by atoms with E-state index in [0.29, 0.717) is 12.5 Å². The van der Waals surface area contributed by atoms with E-state index in [4.69, 9.17) is 15.2 Å². The van der Waals surface area contributed by atoms with Gasteiger partial charge in [0.15, 0.2) is 0 Å². The van der Waals surface area contributed by atoms with Crippen LogP contribution in [0.5, 0.6) is 0 Å². The highest BCUT2D eigenvalue weighted by Gasteiger charge is 2.37. The normalized spacial score (nSPS) is 25.8. The molecule has 0 amide bonds. The Morgan fingerprint density at radius 3 is 2.71 bits per heavy atom. The second-order valence-electron chi connectivity index (χ2n) is 5.42. The molecule has 0 aromatic heterocycles. The van der Waals surface area contributed by atoms with Crippen molar-refractivity contribution in [1.29, 1.82) is 0 Å². The highest BCUT2D eigenvalue weighted by Crippen LogP contribution is 2.26. The molecule has 1 rings (SSSR count). The molecule has 1 aliphatic heterocycles. The Bertz CT molecular complexity index is 204. The van der Waals surface area contributed by atoms with Gasteiger partial charge in [0.1, 0.15) is 0 Å². The molecule has 1 fully saturated rings. The third kappa shape index (κ3) is 4.21. The Morgan fingerprint density at radius 2 is 2.24 bits per heavy atom. The first-order valence-corrected chi connectivity index (χ1v) is 6.66. The number of ether oxygens (including phenoxy) is 2. The summed E-state index contributed by atoms with van der Waals surface area (Å²) in [4.78, 5) is 2.47. The minimum atomic E-state index is 0.0288. The lowest BCUT2D eigenvalue weighted by Crippen LogP contribution is -2.60. The van der Waals surface area contributed by atoms with E-state index in [1.54, 1.807) is 7.11 Å². The highest BCUT2D eigenvalue weighted by atomic mass is 16.5. The quantitative estimate of drug-likeness (QED) is 0.728. The molecule has 17 heavy (non-hydrogen) atoms. The summed E-state index contributed by atoms with van der Waals surface area (Å²) in [5.74, 6) is 0.636. The second kappa shape index (κ2) is 7.31. The summed E-state index contributed by atoms with van der Waals surface area (Å²) in [6, 6.07) is 0. The zero-order valence-corrected chi connectivity index (χ0v) is 11.6. The molecule has 0 aromatic carbocycles. The Hall–Kier alpha value is -0.160. The van der Waals surface area contributed by atoms with Gasteiger partial charge in [-0.25, -0.2) is 0 Å². The molecule has 0 saturated carbocycles. The number of rotatable bonds is 7. The van der Waals surface area contributed by atoms with Crippen molar-refractivity contribution >= 4 is 0 Å². The van der Waals surface area contributed by atoms with Gasteiger partial charge in [0.05, 0.1) is 18.8 Å². The topological polar surface area (TPSA) is 47.7 Å². The van der Waals surface area contributed by atoms with Crippen LogP contribution in [0.4, 0.5) is 0 Å². The molecule has 1 unspecified atom stereocenters. The Morgan fingerprint density at radius 1 is 1.47 bits per heavy atom. The molecule has 2 N–H and O–H groups in total. The van der Waals surface area contributed by atoms with E-state index < -0.39 is 0 Å².